The zero-order valence-corrected chi connectivity index (χ0v) is 17.3. The first-order valence-electron chi connectivity index (χ1n) is 9.85. The summed E-state index contributed by atoms with van der Waals surface area (Å²) < 4.78 is 5.77. The van der Waals surface area contributed by atoms with Crippen molar-refractivity contribution in [1.29, 1.82) is 0 Å². The molecule has 4 heterocycles. The third kappa shape index (κ3) is 4.42. The van der Waals surface area contributed by atoms with E-state index in [2.05, 4.69) is 36.8 Å². The van der Waals surface area contributed by atoms with Crippen LogP contribution in [-0.4, -0.2) is 37.4 Å². The van der Waals surface area contributed by atoms with Gasteiger partial charge in [-0.15, -0.1) is 0 Å². The average molecular weight is 414 g/mol. The van der Waals surface area contributed by atoms with Crippen molar-refractivity contribution in [3.8, 4) is 28.3 Å². The Morgan fingerprint density at radius 2 is 2.03 bits per heavy atom. The van der Waals surface area contributed by atoms with Crippen LogP contribution in [0.2, 0.25) is 0 Å². The number of rotatable bonds is 7. The van der Waals surface area contributed by atoms with Gasteiger partial charge in [-0.3, -0.25) is 4.79 Å². The van der Waals surface area contributed by atoms with E-state index in [0.29, 0.717) is 24.1 Å². The van der Waals surface area contributed by atoms with Crippen molar-refractivity contribution >= 4 is 22.6 Å². The number of anilines is 1. The lowest BCUT2D eigenvalue weighted by atomic mass is 10.1. The quantitative estimate of drug-likeness (QED) is 0.438. The number of pyridine rings is 2. The van der Waals surface area contributed by atoms with Crippen LogP contribution in [0.4, 0.5) is 5.69 Å². The molecule has 31 heavy (non-hydrogen) atoms. The predicted octanol–water partition coefficient (Wildman–Crippen LogP) is 4.24. The number of hydrogen-bond donors (Lipinski definition) is 2. The molecule has 0 spiro atoms. The molecule has 4 aromatic rings. The Kier molecular flexibility index (Phi) is 5.70. The summed E-state index contributed by atoms with van der Waals surface area (Å²) in [6, 6.07) is 5.69. The lowest BCUT2D eigenvalue weighted by Crippen LogP contribution is -2.12. The van der Waals surface area contributed by atoms with Crippen molar-refractivity contribution in [1.82, 2.24) is 24.9 Å². The van der Waals surface area contributed by atoms with Crippen LogP contribution in [-0.2, 0) is 4.79 Å². The molecule has 8 nitrogen and oxygen atoms in total. The van der Waals surface area contributed by atoms with E-state index < -0.39 is 0 Å². The number of nitrogens with zero attached hydrogens (tertiary/aromatic N) is 4. The zero-order chi connectivity index (χ0) is 21.8. The predicted molar refractivity (Wildman–Crippen MR) is 120 cm³/mol. The first-order valence-corrected chi connectivity index (χ1v) is 9.85. The van der Waals surface area contributed by atoms with Crippen LogP contribution in [0.15, 0.2) is 62.0 Å². The fourth-order valence-corrected chi connectivity index (χ4v) is 3.07. The molecule has 0 bridgehead atoms. The van der Waals surface area contributed by atoms with E-state index >= 15 is 0 Å². The van der Waals surface area contributed by atoms with Gasteiger partial charge in [-0.05, 0) is 30.2 Å². The highest BCUT2D eigenvalue weighted by Gasteiger charge is 2.14. The molecule has 0 saturated heterocycles. The third-order valence-corrected chi connectivity index (χ3v) is 4.57. The molecule has 8 heteroatoms. The van der Waals surface area contributed by atoms with Gasteiger partial charge in [0.15, 0.2) is 0 Å². The number of amides is 1. The van der Waals surface area contributed by atoms with Crippen molar-refractivity contribution in [2.75, 3.05) is 11.9 Å². The second kappa shape index (κ2) is 8.74. The minimum absolute atomic E-state index is 0.324. The average Bonchev–Trinajstić information content (AvgIpc) is 3.22. The van der Waals surface area contributed by atoms with Gasteiger partial charge >= 0.3 is 0 Å². The molecule has 2 N–H and O–H groups in total. The van der Waals surface area contributed by atoms with Crippen LogP contribution < -0.4 is 10.1 Å². The smallest absolute Gasteiger partial charge is 0.247 e. The van der Waals surface area contributed by atoms with E-state index in [0.717, 1.165) is 33.4 Å². The van der Waals surface area contributed by atoms with E-state index in [-0.39, 0.29) is 5.91 Å². The molecule has 0 fully saturated rings. The van der Waals surface area contributed by atoms with Crippen molar-refractivity contribution in [3.05, 3.63) is 62.0 Å². The molecule has 0 aliphatic rings. The highest BCUT2D eigenvalue weighted by atomic mass is 16.5. The number of fused-ring (bicyclic) bond motifs is 1. The Bertz CT molecular complexity index is 1230. The molecule has 0 atom stereocenters. The summed E-state index contributed by atoms with van der Waals surface area (Å²) in [6.07, 6.45) is 9.76. The number of nitrogens with one attached hydrogen (secondary N) is 2. The van der Waals surface area contributed by atoms with Gasteiger partial charge in [0.05, 0.1) is 12.3 Å². The molecule has 156 valence electrons. The fourth-order valence-electron chi connectivity index (χ4n) is 3.07. The summed E-state index contributed by atoms with van der Waals surface area (Å²) >= 11 is 0. The maximum Gasteiger partial charge on any atom is 0.247 e. The van der Waals surface area contributed by atoms with Crippen LogP contribution >= 0.6 is 0 Å². The molecule has 4 aromatic heterocycles. The Balaban J connectivity index is 1.75. The van der Waals surface area contributed by atoms with Gasteiger partial charge in [0.2, 0.25) is 11.8 Å². The monoisotopic (exact) mass is 414 g/mol. The highest BCUT2D eigenvalue weighted by molar-refractivity contribution is 6.00. The molecule has 0 unspecified atom stereocenters. The van der Waals surface area contributed by atoms with E-state index in [9.17, 15) is 4.79 Å². The van der Waals surface area contributed by atoms with Crippen LogP contribution in [0.25, 0.3) is 33.4 Å². The maximum absolute atomic E-state index is 11.9. The van der Waals surface area contributed by atoms with Gasteiger partial charge in [-0.1, -0.05) is 20.4 Å². The van der Waals surface area contributed by atoms with Gasteiger partial charge in [-0.25, -0.2) is 19.9 Å². The second-order valence-electron chi connectivity index (χ2n) is 7.39. The van der Waals surface area contributed by atoms with Crippen molar-refractivity contribution in [3.63, 3.8) is 0 Å². The fraction of sp³-hybridized carbons (Fsp3) is 0.174. The van der Waals surface area contributed by atoms with Crippen molar-refractivity contribution < 1.29 is 9.53 Å². The molecule has 4 rings (SSSR count). The third-order valence-electron chi connectivity index (χ3n) is 4.57. The normalized spacial score (nSPS) is 10.9. The second-order valence-corrected chi connectivity index (χ2v) is 7.39. The van der Waals surface area contributed by atoms with Crippen LogP contribution in [0.5, 0.6) is 5.88 Å². The number of carbonyl (C=O) groups is 1. The highest BCUT2D eigenvalue weighted by Crippen LogP contribution is 2.32. The standard InChI is InChI=1S/C23H22N6O2/c1-4-21(30)29-20-8-16(10-27-23(20)31-12-14(2)3)15-7-17-18(11-26-22(17)25-9-15)19-5-6-24-13-28-19/h4-11,13-14H,1,12H2,2-3H3,(H,25,26)(H,29,30). The Hall–Kier alpha value is -4.07. The first-order chi connectivity index (χ1) is 15.0. The Labute approximate surface area is 179 Å². The van der Waals surface area contributed by atoms with Crippen LogP contribution in [0.1, 0.15) is 13.8 Å². The molecule has 0 aromatic carbocycles. The molecule has 0 aliphatic carbocycles. The molecule has 0 radical (unpaired) electrons. The van der Waals surface area contributed by atoms with Gasteiger partial charge < -0.3 is 15.0 Å². The summed E-state index contributed by atoms with van der Waals surface area (Å²) in [6.45, 7) is 8.09. The lowest BCUT2D eigenvalue weighted by molar-refractivity contribution is -0.111. The zero-order valence-electron chi connectivity index (χ0n) is 17.3. The number of carbonyl (C=O) groups excluding carboxylic acids is 1. The van der Waals surface area contributed by atoms with E-state index in [1.54, 1.807) is 18.6 Å². The van der Waals surface area contributed by atoms with Crippen LogP contribution in [0, 0.1) is 5.92 Å². The SMILES string of the molecule is C=CC(=O)Nc1cc(-c2cnc3[nH]cc(-c4ccncn4)c3c2)cnc1OCC(C)C. The van der Waals surface area contributed by atoms with Gasteiger partial charge in [0.25, 0.3) is 0 Å². The van der Waals surface area contributed by atoms with E-state index in [1.165, 1.54) is 12.4 Å². The van der Waals surface area contributed by atoms with Crippen molar-refractivity contribution in [2.45, 2.75) is 13.8 Å². The summed E-state index contributed by atoms with van der Waals surface area (Å²) in [5.41, 5.74) is 4.60. The summed E-state index contributed by atoms with van der Waals surface area (Å²) in [5, 5.41) is 3.70. The first kappa shape index (κ1) is 20.2. The van der Waals surface area contributed by atoms with E-state index in [1.807, 2.05) is 38.2 Å². The number of H-pyrrole nitrogens is 1. The minimum Gasteiger partial charge on any atom is -0.476 e. The molecule has 0 saturated carbocycles. The van der Waals surface area contributed by atoms with Gasteiger partial charge in [-0.2, -0.15) is 0 Å². The Morgan fingerprint density at radius 3 is 2.77 bits per heavy atom. The largest absolute Gasteiger partial charge is 0.476 e. The summed E-state index contributed by atoms with van der Waals surface area (Å²) in [4.78, 5) is 32.4. The molecule has 0 aliphatic heterocycles. The maximum atomic E-state index is 11.9. The van der Waals surface area contributed by atoms with Gasteiger partial charge in [0, 0.05) is 46.9 Å². The van der Waals surface area contributed by atoms with E-state index in [4.69, 9.17) is 4.74 Å². The van der Waals surface area contributed by atoms with Crippen molar-refractivity contribution in [2.24, 2.45) is 5.92 Å². The minimum atomic E-state index is -0.335. The summed E-state index contributed by atoms with van der Waals surface area (Å²) in [7, 11) is 0. The summed E-state index contributed by atoms with van der Waals surface area (Å²) in [5.74, 6) is 0.355. The Morgan fingerprint density at radius 1 is 1.23 bits per heavy atom. The number of hydrogen-bond acceptors (Lipinski definition) is 6. The molecular weight excluding hydrogens is 392 g/mol. The lowest BCUT2D eigenvalue weighted by Gasteiger charge is -2.14. The molecular formula is C23H22N6O2. The number of aromatic amines is 1. The number of ether oxygens (including phenoxy) is 1. The number of aromatic nitrogens is 5. The molecule has 1 amide bonds. The topological polar surface area (TPSA) is 106 Å². The van der Waals surface area contributed by atoms with Crippen LogP contribution in [0.3, 0.4) is 0 Å². The van der Waals surface area contributed by atoms with Gasteiger partial charge in [0.1, 0.15) is 17.7 Å².